The van der Waals surface area contributed by atoms with Gasteiger partial charge in [-0.15, -0.1) is 0 Å². The second-order valence-corrected chi connectivity index (χ2v) is 3.24. The summed E-state index contributed by atoms with van der Waals surface area (Å²) in [6, 6.07) is 3.68. The molecule has 0 bridgehead atoms. The van der Waals surface area contributed by atoms with Gasteiger partial charge in [-0.3, -0.25) is 10.1 Å². The van der Waals surface area contributed by atoms with E-state index in [1.54, 1.807) is 0 Å². The van der Waals surface area contributed by atoms with Crippen LogP contribution in [0.15, 0.2) is 18.2 Å². The van der Waals surface area contributed by atoms with Crippen LogP contribution in [0, 0.1) is 15.9 Å². The summed E-state index contributed by atoms with van der Waals surface area (Å²) in [6.07, 6.45) is 0.724. The number of ketones is 1. The van der Waals surface area contributed by atoms with Crippen LogP contribution in [0.1, 0.15) is 18.9 Å². The Hall–Kier alpha value is -1.78. The van der Waals surface area contributed by atoms with E-state index in [1.807, 2.05) is 0 Å². The van der Waals surface area contributed by atoms with E-state index in [0.29, 0.717) is 18.4 Å². The number of rotatable bonds is 4. The van der Waals surface area contributed by atoms with Crippen molar-refractivity contribution in [3.8, 4) is 0 Å². The minimum atomic E-state index is -0.860. The van der Waals surface area contributed by atoms with Crippen molar-refractivity contribution >= 4 is 11.5 Å². The van der Waals surface area contributed by atoms with Crippen LogP contribution in [0.5, 0.6) is 0 Å². The molecule has 0 atom stereocenters. The van der Waals surface area contributed by atoms with Crippen molar-refractivity contribution < 1.29 is 14.1 Å². The van der Waals surface area contributed by atoms with Gasteiger partial charge in [0, 0.05) is 12.5 Å². The van der Waals surface area contributed by atoms with E-state index >= 15 is 0 Å². The molecule has 0 saturated heterocycles. The van der Waals surface area contributed by atoms with Gasteiger partial charge in [0.15, 0.2) is 0 Å². The van der Waals surface area contributed by atoms with Crippen LogP contribution < -0.4 is 0 Å². The van der Waals surface area contributed by atoms with Crippen molar-refractivity contribution in [2.45, 2.75) is 19.8 Å². The first-order chi connectivity index (χ1) is 7.00. The molecule has 0 aliphatic heterocycles. The minimum Gasteiger partial charge on any atom is -0.300 e. The van der Waals surface area contributed by atoms with E-state index in [4.69, 9.17) is 0 Å². The SMILES string of the molecule is CC(=O)CCc1ccc([N+](=O)[O-])c(F)c1. The molecule has 0 N–H and O–H groups in total. The largest absolute Gasteiger partial charge is 0.304 e. The van der Waals surface area contributed by atoms with Crippen molar-refractivity contribution in [1.82, 2.24) is 0 Å². The average molecular weight is 211 g/mol. The fraction of sp³-hybridized carbons (Fsp3) is 0.300. The summed E-state index contributed by atoms with van der Waals surface area (Å²) < 4.78 is 13.1. The van der Waals surface area contributed by atoms with Crippen molar-refractivity contribution in [2.24, 2.45) is 0 Å². The molecule has 1 aromatic carbocycles. The van der Waals surface area contributed by atoms with E-state index < -0.39 is 16.4 Å². The molecule has 80 valence electrons. The molecule has 0 radical (unpaired) electrons. The highest BCUT2D eigenvalue weighted by Crippen LogP contribution is 2.18. The number of nitro groups is 1. The normalized spacial score (nSPS) is 10.0. The van der Waals surface area contributed by atoms with Crippen LogP contribution in [-0.4, -0.2) is 10.7 Å². The molecule has 0 unspecified atom stereocenters. The van der Waals surface area contributed by atoms with Gasteiger partial charge in [-0.25, -0.2) is 0 Å². The van der Waals surface area contributed by atoms with Gasteiger partial charge in [0.1, 0.15) is 5.78 Å². The lowest BCUT2D eigenvalue weighted by Crippen LogP contribution is -1.97. The van der Waals surface area contributed by atoms with Crippen LogP contribution in [0.4, 0.5) is 10.1 Å². The van der Waals surface area contributed by atoms with Gasteiger partial charge in [0.2, 0.25) is 5.82 Å². The Labute approximate surface area is 85.9 Å². The number of nitrogens with zero attached hydrogens (tertiary/aromatic N) is 1. The van der Waals surface area contributed by atoms with Gasteiger partial charge < -0.3 is 4.79 Å². The third-order valence-corrected chi connectivity index (χ3v) is 1.97. The van der Waals surface area contributed by atoms with Gasteiger partial charge in [0.25, 0.3) is 0 Å². The molecule has 1 rings (SSSR count). The maximum Gasteiger partial charge on any atom is 0.304 e. The zero-order valence-electron chi connectivity index (χ0n) is 8.20. The predicted octanol–water partition coefficient (Wildman–Crippen LogP) is 2.26. The third-order valence-electron chi connectivity index (χ3n) is 1.97. The van der Waals surface area contributed by atoms with E-state index in [1.165, 1.54) is 13.0 Å². The molecule has 0 spiro atoms. The Kier molecular flexibility index (Phi) is 3.49. The number of hydrogen-bond donors (Lipinski definition) is 0. The van der Waals surface area contributed by atoms with Crippen molar-refractivity contribution in [3.63, 3.8) is 0 Å². The highest BCUT2D eigenvalue weighted by molar-refractivity contribution is 5.75. The van der Waals surface area contributed by atoms with E-state index in [9.17, 15) is 19.3 Å². The topological polar surface area (TPSA) is 60.2 Å². The number of carbonyl (C=O) groups excluding carboxylic acids is 1. The number of benzene rings is 1. The van der Waals surface area contributed by atoms with Crippen LogP contribution in [-0.2, 0) is 11.2 Å². The zero-order valence-corrected chi connectivity index (χ0v) is 8.20. The number of hydrogen-bond acceptors (Lipinski definition) is 3. The summed E-state index contributed by atoms with van der Waals surface area (Å²) in [5.74, 6) is -0.852. The molecule has 0 fully saturated rings. The number of carbonyl (C=O) groups is 1. The Balaban J connectivity index is 2.82. The number of aryl methyl sites for hydroxylation is 1. The molecular formula is C10H10FNO3. The Morgan fingerprint density at radius 1 is 1.53 bits per heavy atom. The van der Waals surface area contributed by atoms with Gasteiger partial charge >= 0.3 is 5.69 Å². The fourth-order valence-corrected chi connectivity index (χ4v) is 1.17. The van der Waals surface area contributed by atoms with E-state index in [2.05, 4.69) is 0 Å². The summed E-state index contributed by atoms with van der Waals surface area (Å²) >= 11 is 0. The van der Waals surface area contributed by atoms with Crippen LogP contribution in [0.3, 0.4) is 0 Å². The molecular weight excluding hydrogens is 201 g/mol. The fourth-order valence-electron chi connectivity index (χ4n) is 1.17. The second-order valence-electron chi connectivity index (χ2n) is 3.24. The Morgan fingerprint density at radius 2 is 2.20 bits per heavy atom. The van der Waals surface area contributed by atoms with Crippen LogP contribution >= 0.6 is 0 Å². The van der Waals surface area contributed by atoms with Crippen molar-refractivity contribution in [3.05, 3.63) is 39.7 Å². The Bertz CT molecular complexity index is 404. The van der Waals surface area contributed by atoms with Crippen LogP contribution in [0.25, 0.3) is 0 Å². The highest BCUT2D eigenvalue weighted by atomic mass is 19.1. The lowest BCUT2D eigenvalue weighted by Gasteiger charge is -1.99. The molecule has 15 heavy (non-hydrogen) atoms. The summed E-state index contributed by atoms with van der Waals surface area (Å²) in [7, 11) is 0. The molecule has 0 aliphatic carbocycles. The van der Waals surface area contributed by atoms with E-state index in [0.717, 1.165) is 12.1 Å². The third kappa shape index (κ3) is 3.12. The van der Waals surface area contributed by atoms with Gasteiger partial charge in [-0.1, -0.05) is 6.07 Å². The number of nitro benzene ring substituents is 1. The van der Waals surface area contributed by atoms with Gasteiger partial charge in [-0.2, -0.15) is 4.39 Å². The lowest BCUT2D eigenvalue weighted by molar-refractivity contribution is -0.387. The van der Waals surface area contributed by atoms with Crippen molar-refractivity contribution in [2.75, 3.05) is 0 Å². The summed E-state index contributed by atoms with van der Waals surface area (Å²) in [5, 5.41) is 10.3. The minimum absolute atomic E-state index is 0.00811. The van der Waals surface area contributed by atoms with Gasteiger partial charge in [0.05, 0.1) is 4.92 Å². The average Bonchev–Trinajstić information content (AvgIpc) is 2.14. The summed E-state index contributed by atoms with van der Waals surface area (Å²) in [6.45, 7) is 1.45. The smallest absolute Gasteiger partial charge is 0.300 e. The lowest BCUT2D eigenvalue weighted by atomic mass is 10.1. The molecule has 0 saturated carbocycles. The molecule has 0 aliphatic rings. The number of halogens is 1. The molecule has 0 amide bonds. The van der Waals surface area contributed by atoms with E-state index in [-0.39, 0.29) is 5.78 Å². The molecule has 0 heterocycles. The van der Waals surface area contributed by atoms with Crippen LogP contribution in [0.2, 0.25) is 0 Å². The van der Waals surface area contributed by atoms with Gasteiger partial charge in [-0.05, 0) is 25.0 Å². The summed E-state index contributed by atoms with van der Waals surface area (Å²) in [4.78, 5) is 20.2. The maximum absolute atomic E-state index is 13.1. The molecule has 0 aromatic heterocycles. The molecule has 5 heteroatoms. The predicted molar refractivity (Wildman–Crippen MR) is 52.1 cm³/mol. The standard InChI is InChI=1S/C10H10FNO3/c1-7(13)2-3-8-4-5-10(12(14)15)9(11)6-8/h4-6H,2-3H2,1H3. The zero-order chi connectivity index (χ0) is 11.4. The first kappa shape index (κ1) is 11.3. The molecule has 1 aromatic rings. The van der Waals surface area contributed by atoms with Crippen molar-refractivity contribution in [1.29, 1.82) is 0 Å². The summed E-state index contributed by atoms with van der Waals surface area (Å²) in [5.41, 5.74) is 0.0508. The first-order valence-corrected chi connectivity index (χ1v) is 4.43. The maximum atomic E-state index is 13.1. The Morgan fingerprint density at radius 3 is 2.67 bits per heavy atom. The number of Topliss-reactive ketones (excluding diaryl/α,β-unsaturated/α-hetero) is 1. The first-order valence-electron chi connectivity index (χ1n) is 4.43. The molecule has 4 nitrogen and oxygen atoms in total. The monoisotopic (exact) mass is 211 g/mol. The second kappa shape index (κ2) is 4.63. The quantitative estimate of drug-likeness (QED) is 0.566. The highest BCUT2D eigenvalue weighted by Gasteiger charge is 2.13.